The fraction of sp³-hybridized carbons (Fsp3) is 0.500. The van der Waals surface area contributed by atoms with E-state index < -0.39 is 0 Å². The van der Waals surface area contributed by atoms with E-state index >= 15 is 0 Å². The van der Waals surface area contributed by atoms with E-state index in [4.69, 9.17) is 27.9 Å². The van der Waals surface area contributed by atoms with Crippen LogP contribution in [0.25, 0.3) is 0 Å². The summed E-state index contributed by atoms with van der Waals surface area (Å²) in [6.45, 7) is 2.64. The number of anilines is 1. The fourth-order valence-electron chi connectivity index (χ4n) is 2.83. The maximum atomic E-state index is 5.83. The second kappa shape index (κ2) is 8.44. The quantitative estimate of drug-likeness (QED) is 0.573. The first-order valence-electron chi connectivity index (χ1n) is 8.03. The van der Waals surface area contributed by atoms with Crippen LogP contribution in [0.5, 0.6) is 5.75 Å². The maximum Gasteiger partial charge on any atom is 0.225 e. The second-order valence-electron chi connectivity index (χ2n) is 5.81. The Balaban J connectivity index is 1.35. The highest BCUT2D eigenvalue weighted by atomic mass is 35.5. The van der Waals surface area contributed by atoms with Gasteiger partial charge in [0.1, 0.15) is 0 Å². The molecular weight excluding hydrogens is 349 g/mol. The molecule has 0 bridgehead atoms. The van der Waals surface area contributed by atoms with Crippen LogP contribution >= 0.6 is 23.2 Å². The summed E-state index contributed by atoms with van der Waals surface area (Å²) in [7, 11) is 0. The Bertz CT molecular complexity index is 630. The van der Waals surface area contributed by atoms with Crippen molar-refractivity contribution >= 4 is 29.2 Å². The van der Waals surface area contributed by atoms with Gasteiger partial charge >= 0.3 is 0 Å². The van der Waals surface area contributed by atoms with Gasteiger partial charge in [0, 0.05) is 13.1 Å². The molecule has 0 atom stereocenters. The average molecular weight is 368 g/mol. The van der Waals surface area contributed by atoms with E-state index in [9.17, 15) is 0 Å². The Morgan fingerprint density at radius 2 is 1.67 bits per heavy atom. The molecule has 0 amide bonds. The summed E-state index contributed by atoms with van der Waals surface area (Å²) < 4.78 is 5.63. The summed E-state index contributed by atoms with van der Waals surface area (Å²) in [4.78, 5) is 18.6. The number of ether oxygens (including phenoxy) is 1. The van der Waals surface area contributed by atoms with Gasteiger partial charge in [0.2, 0.25) is 11.2 Å². The predicted octanol–water partition coefficient (Wildman–Crippen LogP) is 3.65. The zero-order valence-electron chi connectivity index (χ0n) is 13.2. The minimum absolute atomic E-state index is 0.235. The lowest BCUT2D eigenvalue weighted by molar-refractivity contribution is 0.277. The number of hydrogen-bond acceptors (Lipinski definition) is 6. The summed E-state index contributed by atoms with van der Waals surface area (Å²) in [6, 6.07) is 0. The van der Waals surface area contributed by atoms with Crippen LogP contribution in [-0.2, 0) is 0 Å². The van der Waals surface area contributed by atoms with E-state index in [2.05, 4.69) is 24.8 Å². The molecule has 6 nitrogen and oxygen atoms in total. The highest BCUT2D eigenvalue weighted by Crippen LogP contribution is 2.24. The monoisotopic (exact) mass is 367 g/mol. The van der Waals surface area contributed by atoms with E-state index in [-0.39, 0.29) is 5.28 Å². The minimum atomic E-state index is 0.235. The zero-order chi connectivity index (χ0) is 16.8. The number of nitrogens with zero attached hydrogens (tertiary/aromatic N) is 5. The van der Waals surface area contributed by atoms with Crippen LogP contribution in [0.1, 0.15) is 25.7 Å². The smallest absolute Gasteiger partial charge is 0.225 e. The van der Waals surface area contributed by atoms with Crippen LogP contribution in [0.15, 0.2) is 24.8 Å². The lowest BCUT2D eigenvalue weighted by atomic mass is 9.92. The lowest BCUT2D eigenvalue weighted by Crippen LogP contribution is -2.34. The van der Waals surface area contributed by atoms with Crippen LogP contribution < -0.4 is 9.64 Å². The van der Waals surface area contributed by atoms with Gasteiger partial charge in [-0.05, 0) is 43.2 Å². The van der Waals surface area contributed by atoms with Crippen LogP contribution in [0.4, 0.5) is 5.95 Å². The zero-order valence-corrected chi connectivity index (χ0v) is 14.7. The Labute approximate surface area is 151 Å². The highest BCUT2D eigenvalue weighted by molar-refractivity contribution is 6.30. The van der Waals surface area contributed by atoms with Crippen LogP contribution in [0, 0.1) is 5.92 Å². The second-order valence-corrected chi connectivity index (χ2v) is 6.58. The first kappa shape index (κ1) is 17.2. The number of piperidine rings is 1. The Morgan fingerprint density at radius 1 is 1.00 bits per heavy atom. The third kappa shape index (κ3) is 4.92. The molecule has 0 spiro atoms. The summed E-state index contributed by atoms with van der Waals surface area (Å²) in [5.41, 5.74) is 0. The molecule has 0 aliphatic carbocycles. The number of hydrogen-bond donors (Lipinski definition) is 0. The van der Waals surface area contributed by atoms with Gasteiger partial charge in [-0.1, -0.05) is 11.6 Å². The SMILES string of the molecule is Clc1cnc(N2CCC(CCCOc3cnc(Cl)nc3)CC2)nc1. The van der Waals surface area contributed by atoms with Gasteiger partial charge in [-0.25, -0.2) is 19.9 Å². The minimum Gasteiger partial charge on any atom is -0.490 e. The maximum absolute atomic E-state index is 5.83. The molecule has 0 unspecified atom stereocenters. The summed E-state index contributed by atoms with van der Waals surface area (Å²) >= 11 is 11.5. The van der Waals surface area contributed by atoms with Crippen molar-refractivity contribution in [1.82, 2.24) is 19.9 Å². The molecule has 128 valence electrons. The average Bonchev–Trinajstić information content (AvgIpc) is 2.62. The van der Waals surface area contributed by atoms with Gasteiger partial charge in [0.25, 0.3) is 0 Å². The van der Waals surface area contributed by atoms with Gasteiger partial charge in [0.15, 0.2) is 5.75 Å². The molecule has 2 aromatic rings. The van der Waals surface area contributed by atoms with E-state index in [0.29, 0.717) is 17.4 Å². The third-order valence-electron chi connectivity index (χ3n) is 4.13. The van der Waals surface area contributed by atoms with Crippen LogP contribution in [0.2, 0.25) is 10.3 Å². The van der Waals surface area contributed by atoms with Crippen molar-refractivity contribution in [2.24, 2.45) is 5.92 Å². The molecule has 1 aliphatic rings. The standard InChI is InChI=1S/C16H19Cl2N5O/c17-13-8-21-16(22-9-13)23-5-3-12(4-6-23)2-1-7-24-14-10-19-15(18)20-11-14/h8-12H,1-7H2. The predicted molar refractivity (Wildman–Crippen MR) is 93.8 cm³/mol. The van der Waals surface area contributed by atoms with Crippen LogP contribution in [0.3, 0.4) is 0 Å². The van der Waals surface area contributed by atoms with Gasteiger partial charge in [-0.3, -0.25) is 0 Å². The van der Waals surface area contributed by atoms with Gasteiger partial charge in [0.05, 0.1) is 36.4 Å². The van der Waals surface area contributed by atoms with Crippen LogP contribution in [-0.4, -0.2) is 39.6 Å². The Morgan fingerprint density at radius 3 is 2.33 bits per heavy atom. The van der Waals surface area contributed by atoms with Gasteiger partial charge < -0.3 is 9.64 Å². The van der Waals surface area contributed by atoms with E-state index in [1.807, 2.05) is 0 Å². The van der Waals surface area contributed by atoms with E-state index in [0.717, 1.165) is 50.6 Å². The van der Waals surface area contributed by atoms with Crippen molar-refractivity contribution in [1.29, 1.82) is 0 Å². The van der Waals surface area contributed by atoms with Crippen molar-refractivity contribution in [2.45, 2.75) is 25.7 Å². The molecular formula is C16H19Cl2N5O. The van der Waals surface area contributed by atoms with Crippen molar-refractivity contribution in [3.05, 3.63) is 35.1 Å². The van der Waals surface area contributed by atoms with Gasteiger partial charge in [-0.2, -0.15) is 0 Å². The largest absolute Gasteiger partial charge is 0.490 e. The molecule has 0 aromatic carbocycles. The fourth-order valence-corrected chi connectivity index (χ4v) is 3.02. The normalized spacial score (nSPS) is 15.5. The summed E-state index contributed by atoms with van der Waals surface area (Å²) in [6.07, 6.45) is 11.0. The number of rotatable bonds is 6. The summed E-state index contributed by atoms with van der Waals surface area (Å²) in [5, 5.41) is 0.804. The third-order valence-corrected chi connectivity index (χ3v) is 4.52. The molecule has 1 saturated heterocycles. The molecule has 0 saturated carbocycles. The summed E-state index contributed by atoms with van der Waals surface area (Å²) in [5.74, 6) is 2.15. The lowest BCUT2D eigenvalue weighted by Gasteiger charge is -2.31. The van der Waals surface area contributed by atoms with Crippen molar-refractivity contribution in [3.8, 4) is 5.75 Å². The van der Waals surface area contributed by atoms with Crippen molar-refractivity contribution in [3.63, 3.8) is 0 Å². The van der Waals surface area contributed by atoms with Crippen molar-refractivity contribution < 1.29 is 4.74 Å². The molecule has 3 rings (SSSR count). The molecule has 0 N–H and O–H groups in total. The molecule has 8 heteroatoms. The number of aromatic nitrogens is 4. The molecule has 3 heterocycles. The van der Waals surface area contributed by atoms with Crippen molar-refractivity contribution in [2.75, 3.05) is 24.6 Å². The molecule has 24 heavy (non-hydrogen) atoms. The topological polar surface area (TPSA) is 64.0 Å². The number of halogens is 2. The van der Waals surface area contributed by atoms with E-state index in [1.54, 1.807) is 24.8 Å². The highest BCUT2D eigenvalue weighted by Gasteiger charge is 2.20. The molecule has 1 aliphatic heterocycles. The Kier molecular flexibility index (Phi) is 6.04. The van der Waals surface area contributed by atoms with E-state index in [1.165, 1.54) is 0 Å². The van der Waals surface area contributed by atoms with Gasteiger partial charge in [-0.15, -0.1) is 0 Å². The molecule has 2 aromatic heterocycles. The molecule has 1 fully saturated rings. The first-order chi connectivity index (χ1) is 11.7. The molecule has 0 radical (unpaired) electrons. The Hall–Kier alpha value is -1.66. The first-order valence-corrected chi connectivity index (χ1v) is 8.79.